The van der Waals surface area contributed by atoms with Crippen molar-refractivity contribution in [2.75, 3.05) is 5.73 Å². The number of primary sulfonamides is 1. The summed E-state index contributed by atoms with van der Waals surface area (Å²) in [5, 5.41) is 17.4. The van der Waals surface area contributed by atoms with Crippen LogP contribution in [0.2, 0.25) is 0 Å². The maximum atomic E-state index is 11.2. The molecule has 0 saturated heterocycles. The standard InChI is InChI=1S/C9H8N6O2S/c10-4-9-13-5-15(14-9)6-1-2-8(7(11)3-6)18(12,16)17/h1-3,5H,11H2,(H2,12,16,17). The molecule has 0 bridgehead atoms. The molecule has 18 heavy (non-hydrogen) atoms. The summed E-state index contributed by atoms with van der Waals surface area (Å²) in [6.45, 7) is 0. The lowest BCUT2D eigenvalue weighted by Gasteiger charge is -2.05. The third kappa shape index (κ3) is 2.15. The Hall–Kier alpha value is -2.44. The van der Waals surface area contributed by atoms with E-state index in [0.29, 0.717) is 5.69 Å². The monoisotopic (exact) mass is 264 g/mol. The van der Waals surface area contributed by atoms with Gasteiger partial charge >= 0.3 is 0 Å². The molecular formula is C9H8N6O2S. The molecule has 0 saturated carbocycles. The maximum absolute atomic E-state index is 11.2. The van der Waals surface area contributed by atoms with E-state index in [2.05, 4.69) is 10.1 Å². The van der Waals surface area contributed by atoms with E-state index in [1.165, 1.54) is 29.2 Å². The first-order valence-electron chi connectivity index (χ1n) is 4.66. The molecule has 8 nitrogen and oxygen atoms in total. The van der Waals surface area contributed by atoms with Crippen molar-refractivity contribution in [2.24, 2.45) is 5.14 Å². The zero-order valence-electron chi connectivity index (χ0n) is 8.98. The van der Waals surface area contributed by atoms with Gasteiger partial charge in [-0.3, -0.25) is 0 Å². The van der Waals surface area contributed by atoms with Crippen molar-refractivity contribution < 1.29 is 8.42 Å². The Bertz CT molecular complexity index is 743. The summed E-state index contributed by atoms with van der Waals surface area (Å²) in [5.74, 6) is 0.00379. The molecule has 92 valence electrons. The molecule has 0 radical (unpaired) electrons. The maximum Gasteiger partial charge on any atom is 0.252 e. The van der Waals surface area contributed by atoms with Crippen LogP contribution in [0.5, 0.6) is 0 Å². The van der Waals surface area contributed by atoms with Gasteiger partial charge in [-0.25, -0.2) is 23.2 Å². The highest BCUT2D eigenvalue weighted by Crippen LogP contribution is 2.20. The first-order valence-corrected chi connectivity index (χ1v) is 6.21. The number of hydrogen-bond acceptors (Lipinski definition) is 6. The Morgan fingerprint density at radius 1 is 1.39 bits per heavy atom. The highest BCUT2D eigenvalue weighted by Gasteiger charge is 2.13. The average Bonchev–Trinajstić information content (AvgIpc) is 2.75. The topological polar surface area (TPSA) is 141 Å². The number of rotatable bonds is 2. The lowest BCUT2D eigenvalue weighted by atomic mass is 10.3. The number of anilines is 1. The Labute approximate surface area is 103 Å². The van der Waals surface area contributed by atoms with E-state index in [0.717, 1.165) is 0 Å². The van der Waals surface area contributed by atoms with Crippen LogP contribution in [0, 0.1) is 11.3 Å². The lowest BCUT2D eigenvalue weighted by molar-refractivity contribution is 0.598. The predicted molar refractivity (Wildman–Crippen MR) is 61.9 cm³/mol. The molecule has 0 unspecified atom stereocenters. The second kappa shape index (κ2) is 4.10. The van der Waals surface area contributed by atoms with Gasteiger partial charge in [0.05, 0.1) is 11.4 Å². The van der Waals surface area contributed by atoms with Crippen molar-refractivity contribution in [1.82, 2.24) is 14.8 Å². The number of sulfonamides is 1. The van der Waals surface area contributed by atoms with Gasteiger partial charge in [-0.1, -0.05) is 0 Å². The molecule has 9 heteroatoms. The molecule has 0 aliphatic heterocycles. The largest absolute Gasteiger partial charge is 0.398 e. The van der Waals surface area contributed by atoms with Crippen molar-refractivity contribution in [3.05, 3.63) is 30.4 Å². The highest BCUT2D eigenvalue weighted by atomic mass is 32.2. The van der Waals surface area contributed by atoms with Crippen LogP contribution in [-0.2, 0) is 10.0 Å². The van der Waals surface area contributed by atoms with E-state index in [9.17, 15) is 8.42 Å². The lowest BCUT2D eigenvalue weighted by Crippen LogP contribution is -2.14. The molecule has 0 amide bonds. The molecule has 2 rings (SSSR count). The first kappa shape index (κ1) is 12.0. The van der Waals surface area contributed by atoms with Gasteiger partial charge in [0.1, 0.15) is 17.3 Å². The Morgan fingerprint density at radius 2 is 2.11 bits per heavy atom. The quantitative estimate of drug-likeness (QED) is 0.691. The van der Waals surface area contributed by atoms with Gasteiger partial charge < -0.3 is 5.73 Å². The van der Waals surface area contributed by atoms with Gasteiger partial charge in [-0.2, -0.15) is 5.26 Å². The Kier molecular flexibility index (Phi) is 2.74. The van der Waals surface area contributed by atoms with Gasteiger partial charge in [0.2, 0.25) is 10.0 Å². The molecule has 0 atom stereocenters. The molecule has 1 aromatic carbocycles. The van der Waals surface area contributed by atoms with Crippen LogP contribution in [0.4, 0.5) is 5.69 Å². The van der Waals surface area contributed by atoms with Crippen molar-refractivity contribution in [3.63, 3.8) is 0 Å². The van der Waals surface area contributed by atoms with Crippen molar-refractivity contribution >= 4 is 15.7 Å². The van der Waals surface area contributed by atoms with Crippen molar-refractivity contribution in [2.45, 2.75) is 4.90 Å². The molecule has 1 aromatic heterocycles. The van der Waals surface area contributed by atoms with Crippen LogP contribution in [0.3, 0.4) is 0 Å². The van der Waals surface area contributed by atoms with Crippen LogP contribution >= 0.6 is 0 Å². The van der Waals surface area contributed by atoms with E-state index in [-0.39, 0.29) is 16.4 Å². The smallest absolute Gasteiger partial charge is 0.252 e. The van der Waals surface area contributed by atoms with Gasteiger partial charge in [0.25, 0.3) is 5.82 Å². The van der Waals surface area contributed by atoms with E-state index in [4.69, 9.17) is 16.1 Å². The SMILES string of the molecule is N#Cc1ncn(-c2ccc(S(N)(=O)=O)c(N)c2)n1. The number of nitrogen functional groups attached to an aromatic ring is 1. The minimum absolute atomic E-state index is 0.00371. The van der Waals surface area contributed by atoms with E-state index >= 15 is 0 Å². The number of benzene rings is 1. The summed E-state index contributed by atoms with van der Waals surface area (Å²) in [5.41, 5.74) is 6.08. The minimum atomic E-state index is -3.85. The third-order valence-electron chi connectivity index (χ3n) is 2.16. The highest BCUT2D eigenvalue weighted by molar-refractivity contribution is 7.89. The molecule has 4 N–H and O–H groups in total. The zero-order valence-corrected chi connectivity index (χ0v) is 9.79. The molecule has 0 fully saturated rings. The Morgan fingerprint density at radius 3 is 2.61 bits per heavy atom. The number of hydrogen-bond donors (Lipinski definition) is 2. The van der Waals surface area contributed by atoms with E-state index in [1.54, 1.807) is 6.07 Å². The van der Waals surface area contributed by atoms with Gasteiger partial charge in [-0.15, -0.1) is 5.10 Å². The van der Waals surface area contributed by atoms with Gasteiger partial charge in [0, 0.05) is 0 Å². The fraction of sp³-hybridized carbons (Fsp3) is 0. The minimum Gasteiger partial charge on any atom is -0.398 e. The molecule has 2 aromatic rings. The molecule has 0 spiro atoms. The van der Waals surface area contributed by atoms with Crippen LogP contribution in [0.25, 0.3) is 5.69 Å². The Balaban J connectivity index is 2.50. The zero-order chi connectivity index (χ0) is 13.3. The van der Waals surface area contributed by atoms with E-state index in [1.807, 2.05) is 0 Å². The van der Waals surface area contributed by atoms with Crippen molar-refractivity contribution in [1.29, 1.82) is 5.26 Å². The van der Waals surface area contributed by atoms with Crippen LogP contribution < -0.4 is 10.9 Å². The van der Waals surface area contributed by atoms with Gasteiger partial charge in [-0.05, 0) is 18.2 Å². The summed E-state index contributed by atoms with van der Waals surface area (Å²) >= 11 is 0. The summed E-state index contributed by atoms with van der Waals surface area (Å²) in [4.78, 5) is 3.56. The van der Waals surface area contributed by atoms with E-state index < -0.39 is 10.0 Å². The average molecular weight is 264 g/mol. The molecular weight excluding hydrogens is 256 g/mol. The molecule has 1 heterocycles. The number of nitriles is 1. The second-order valence-corrected chi connectivity index (χ2v) is 4.92. The van der Waals surface area contributed by atoms with Crippen molar-refractivity contribution in [3.8, 4) is 11.8 Å². The first-order chi connectivity index (χ1) is 8.41. The summed E-state index contributed by atoms with van der Waals surface area (Å²) in [6.07, 6.45) is 1.32. The summed E-state index contributed by atoms with van der Waals surface area (Å²) in [7, 11) is -3.85. The molecule has 0 aliphatic carbocycles. The third-order valence-corrected chi connectivity index (χ3v) is 3.14. The summed E-state index contributed by atoms with van der Waals surface area (Å²) < 4.78 is 23.7. The second-order valence-electron chi connectivity index (χ2n) is 3.39. The fourth-order valence-corrected chi connectivity index (χ4v) is 2.02. The number of nitrogens with zero attached hydrogens (tertiary/aromatic N) is 4. The molecule has 0 aliphatic rings. The number of nitrogens with two attached hydrogens (primary N) is 2. The summed E-state index contributed by atoms with van der Waals surface area (Å²) in [6, 6.07) is 5.90. The van der Waals surface area contributed by atoms with Gasteiger partial charge in [0.15, 0.2) is 0 Å². The predicted octanol–water partition coefficient (Wildman–Crippen LogP) is -0.631. The van der Waals surface area contributed by atoms with Crippen LogP contribution in [0.1, 0.15) is 5.82 Å². The fourth-order valence-electron chi connectivity index (χ4n) is 1.38. The van der Waals surface area contributed by atoms with Crippen LogP contribution in [0.15, 0.2) is 29.4 Å². The number of aromatic nitrogens is 3. The normalized spacial score (nSPS) is 11.1. The van der Waals surface area contributed by atoms with Crippen LogP contribution in [-0.4, -0.2) is 23.2 Å².